The molecule has 114 valence electrons. The van der Waals surface area contributed by atoms with E-state index in [1.165, 1.54) is 0 Å². The molecular weight excluding hydrogens is 292 g/mol. The topological polar surface area (TPSA) is 91.5 Å². The molecule has 0 bridgehead atoms. The molecule has 2 heterocycles. The standard InChI is InChI=1S/C14H18N2O4S/c1-2-18-14(17)11(15)5-7-21-9-10-8-13(20-16-10)12-4-3-6-19-12/h3-4,6,8,11H,2,5,7,9,15H2,1H3. The van der Waals surface area contributed by atoms with Gasteiger partial charge in [0.05, 0.1) is 18.6 Å². The number of hydrogen-bond donors (Lipinski definition) is 1. The minimum Gasteiger partial charge on any atom is -0.465 e. The van der Waals surface area contributed by atoms with Crippen molar-refractivity contribution in [2.45, 2.75) is 25.1 Å². The van der Waals surface area contributed by atoms with Gasteiger partial charge in [-0.05, 0) is 31.2 Å². The molecule has 0 amide bonds. The second-order valence-corrected chi connectivity index (χ2v) is 5.46. The molecule has 0 radical (unpaired) electrons. The number of esters is 1. The van der Waals surface area contributed by atoms with Crippen molar-refractivity contribution in [1.29, 1.82) is 0 Å². The predicted molar refractivity (Wildman–Crippen MR) is 79.6 cm³/mol. The van der Waals surface area contributed by atoms with E-state index in [0.717, 1.165) is 11.4 Å². The summed E-state index contributed by atoms with van der Waals surface area (Å²) in [6.07, 6.45) is 2.16. The summed E-state index contributed by atoms with van der Waals surface area (Å²) in [5.41, 5.74) is 6.55. The number of carbonyl (C=O) groups excluding carboxylic acids is 1. The van der Waals surface area contributed by atoms with Gasteiger partial charge >= 0.3 is 5.97 Å². The summed E-state index contributed by atoms with van der Waals surface area (Å²) in [6.45, 7) is 2.12. The molecule has 0 saturated carbocycles. The SMILES string of the molecule is CCOC(=O)C(N)CCSCc1cc(-c2ccco2)on1. The summed E-state index contributed by atoms with van der Waals surface area (Å²) < 4.78 is 15.3. The van der Waals surface area contributed by atoms with Crippen molar-refractivity contribution in [2.75, 3.05) is 12.4 Å². The molecule has 21 heavy (non-hydrogen) atoms. The second kappa shape index (κ2) is 7.90. The van der Waals surface area contributed by atoms with E-state index >= 15 is 0 Å². The third kappa shape index (κ3) is 4.64. The normalized spacial score (nSPS) is 12.3. The van der Waals surface area contributed by atoms with E-state index in [1.54, 1.807) is 31.0 Å². The van der Waals surface area contributed by atoms with E-state index in [4.69, 9.17) is 19.4 Å². The first kappa shape index (κ1) is 15.7. The van der Waals surface area contributed by atoms with Gasteiger partial charge < -0.3 is 19.4 Å². The predicted octanol–water partition coefficient (Wildman–Crippen LogP) is 2.45. The van der Waals surface area contributed by atoms with Gasteiger partial charge in [0.15, 0.2) is 5.76 Å². The molecule has 2 N–H and O–H groups in total. The summed E-state index contributed by atoms with van der Waals surface area (Å²) in [5, 5.41) is 3.97. The van der Waals surface area contributed by atoms with Gasteiger partial charge in [0, 0.05) is 11.8 Å². The van der Waals surface area contributed by atoms with Crippen LogP contribution in [0, 0.1) is 0 Å². The first-order valence-electron chi connectivity index (χ1n) is 6.70. The number of ether oxygens (including phenoxy) is 1. The van der Waals surface area contributed by atoms with Crippen LogP contribution in [-0.4, -0.2) is 29.5 Å². The molecule has 0 aliphatic rings. The fraction of sp³-hybridized carbons (Fsp3) is 0.429. The van der Waals surface area contributed by atoms with Gasteiger partial charge in [-0.3, -0.25) is 4.79 Å². The van der Waals surface area contributed by atoms with E-state index in [0.29, 0.717) is 30.3 Å². The Labute approximate surface area is 127 Å². The van der Waals surface area contributed by atoms with Crippen molar-refractivity contribution in [1.82, 2.24) is 5.16 Å². The maximum absolute atomic E-state index is 11.3. The highest BCUT2D eigenvalue weighted by atomic mass is 32.2. The molecule has 1 atom stereocenters. The van der Waals surface area contributed by atoms with Crippen molar-refractivity contribution >= 4 is 17.7 Å². The first-order valence-corrected chi connectivity index (χ1v) is 7.85. The monoisotopic (exact) mass is 310 g/mol. The van der Waals surface area contributed by atoms with Crippen LogP contribution < -0.4 is 5.73 Å². The average molecular weight is 310 g/mol. The minimum atomic E-state index is -0.562. The van der Waals surface area contributed by atoms with E-state index < -0.39 is 6.04 Å². The lowest BCUT2D eigenvalue weighted by molar-refractivity contribution is -0.144. The van der Waals surface area contributed by atoms with Crippen LogP contribution in [0.5, 0.6) is 0 Å². The quantitative estimate of drug-likeness (QED) is 0.591. The van der Waals surface area contributed by atoms with Gasteiger partial charge in [-0.1, -0.05) is 5.16 Å². The van der Waals surface area contributed by atoms with Crippen LogP contribution in [0.1, 0.15) is 19.0 Å². The number of hydrogen-bond acceptors (Lipinski definition) is 7. The van der Waals surface area contributed by atoms with Crippen LogP contribution in [0.3, 0.4) is 0 Å². The van der Waals surface area contributed by atoms with Crippen LogP contribution >= 0.6 is 11.8 Å². The second-order valence-electron chi connectivity index (χ2n) is 4.36. The number of thioether (sulfide) groups is 1. The van der Waals surface area contributed by atoms with Crippen LogP contribution in [0.15, 0.2) is 33.4 Å². The Bertz CT molecular complexity index is 553. The number of carbonyl (C=O) groups is 1. The Morgan fingerprint density at radius 2 is 2.38 bits per heavy atom. The largest absolute Gasteiger partial charge is 0.465 e. The summed E-state index contributed by atoms with van der Waals surface area (Å²) in [6, 6.07) is 4.89. The molecule has 0 spiro atoms. The molecule has 0 aliphatic carbocycles. The van der Waals surface area contributed by atoms with E-state index in [-0.39, 0.29) is 5.97 Å². The molecule has 2 aromatic rings. The Balaban J connectivity index is 1.71. The lowest BCUT2D eigenvalue weighted by atomic mass is 10.2. The van der Waals surface area contributed by atoms with Crippen molar-refractivity contribution in [3.8, 4) is 11.5 Å². The van der Waals surface area contributed by atoms with Crippen molar-refractivity contribution in [3.05, 3.63) is 30.2 Å². The molecule has 6 nitrogen and oxygen atoms in total. The molecule has 0 aromatic carbocycles. The molecule has 0 aliphatic heterocycles. The van der Waals surface area contributed by atoms with Gasteiger partial charge in [-0.15, -0.1) is 0 Å². The van der Waals surface area contributed by atoms with Crippen LogP contribution in [0.2, 0.25) is 0 Å². The number of aromatic nitrogens is 1. The number of furan rings is 1. The maximum atomic E-state index is 11.3. The number of rotatable bonds is 8. The molecule has 2 rings (SSSR count). The highest BCUT2D eigenvalue weighted by Gasteiger charge is 2.14. The Kier molecular flexibility index (Phi) is 5.89. The first-order chi connectivity index (χ1) is 10.2. The van der Waals surface area contributed by atoms with Gasteiger partial charge in [0.1, 0.15) is 6.04 Å². The van der Waals surface area contributed by atoms with Gasteiger partial charge in [0.2, 0.25) is 5.76 Å². The molecule has 7 heteroatoms. The van der Waals surface area contributed by atoms with Gasteiger partial charge in [-0.2, -0.15) is 11.8 Å². The summed E-state index contributed by atoms with van der Waals surface area (Å²) >= 11 is 1.64. The Morgan fingerprint density at radius 3 is 3.10 bits per heavy atom. The molecule has 0 fully saturated rings. The summed E-state index contributed by atoms with van der Waals surface area (Å²) in [5.74, 6) is 2.37. The number of nitrogens with zero attached hydrogens (tertiary/aromatic N) is 1. The zero-order valence-electron chi connectivity index (χ0n) is 11.8. The molecule has 0 saturated heterocycles. The van der Waals surface area contributed by atoms with E-state index in [2.05, 4.69) is 5.16 Å². The average Bonchev–Trinajstić information content (AvgIpc) is 3.14. The third-order valence-corrected chi connectivity index (χ3v) is 3.76. The van der Waals surface area contributed by atoms with Crippen LogP contribution in [0.25, 0.3) is 11.5 Å². The zero-order valence-corrected chi connectivity index (χ0v) is 12.6. The smallest absolute Gasteiger partial charge is 0.322 e. The van der Waals surface area contributed by atoms with Crippen molar-refractivity contribution in [3.63, 3.8) is 0 Å². The van der Waals surface area contributed by atoms with Crippen LogP contribution in [-0.2, 0) is 15.3 Å². The molecule has 2 aromatic heterocycles. The lowest BCUT2D eigenvalue weighted by Crippen LogP contribution is -2.32. The highest BCUT2D eigenvalue weighted by molar-refractivity contribution is 7.98. The van der Waals surface area contributed by atoms with Crippen LogP contribution in [0.4, 0.5) is 0 Å². The minimum absolute atomic E-state index is 0.348. The fourth-order valence-corrected chi connectivity index (χ4v) is 2.58. The van der Waals surface area contributed by atoms with Gasteiger partial charge in [-0.25, -0.2) is 0 Å². The fourth-order valence-electron chi connectivity index (χ4n) is 1.67. The molecular formula is C14H18N2O4S. The summed E-state index contributed by atoms with van der Waals surface area (Å²) in [4.78, 5) is 11.3. The third-order valence-electron chi connectivity index (χ3n) is 2.74. The highest BCUT2D eigenvalue weighted by Crippen LogP contribution is 2.22. The van der Waals surface area contributed by atoms with Crippen molar-refractivity contribution in [2.24, 2.45) is 5.73 Å². The zero-order chi connectivity index (χ0) is 15.1. The number of nitrogens with two attached hydrogens (primary N) is 1. The molecule has 1 unspecified atom stereocenters. The van der Waals surface area contributed by atoms with E-state index in [9.17, 15) is 4.79 Å². The van der Waals surface area contributed by atoms with Crippen molar-refractivity contribution < 1.29 is 18.5 Å². The lowest BCUT2D eigenvalue weighted by Gasteiger charge is -2.09. The van der Waals surface area contributed by atoms with Gasteiger partial charge in [0.25, 0.3) is 0 Å². The Hall–Kier alpha value is -1.73. The Morgan fingerprint density at radius 1 is 1.52 bits per heavy atom. The van der Waals surface area contributed by atoms with E-state index in [1.807, 2.05) is 12.1 Å². The summed E-state index contributed by atoms with van der Waals surface area (Å²) in [7, 11) is 0. The maximum Gasteiger partial charge on any atom is 0.322 e.